The van der Waals surface area contributed by atoms with Gasteiger partial charge in [0.2, 0.25) is 5.91 Å². The summed E-state index contributed by atoms with van der Waals surface area (Å²) in [5, 5.41) is 12.3. The quantitative estimate of drug-likeness (QED) is 0.897. The van der Waals surface area contributed by atoms with Gasteiger partial charge < -0.3 is 10.4 Å². The monoisotopic (exact) mass is 295 g/mol. The molecule has 1 aromatic rings. The van der Waals surface area contributed by atoms with Gasteiger partial charge in [-0.2, -0.15) is 0 Å². The zero-order valence-corrected chi connectivity index (χ0v) is 12.1. The predicted molar refractivity (Wildman–Crippen MR) is 77.9 cm³/mol. The van der Waals surface area contributed by atoms with Gasteiger partial charge in [-0.3, -0.25) is 9.59 Å². The third-order valence-corrected chi connectivity index (χ3v) is 4.16. The number of aryl methyl sites for hydroxylation is 1. The number of carboxylic acids is 1. The van der Waals surface area contributed by atoms with Gasteiger partial charge in [-0.05, 0) is 50.3 Å². The summed E-state index contributed by atoms with van der Waals surface area (Å²) in [7, 11) is 0. The molecular weight excluding hydrogens is 278 g/mol. The van der Waals surface area contributed by atoms with Crippen molar-refractivity contribution in [2.45, 2.75) is 32.6 Å². The molecule has 1 fully saturated rings. The minimum Gasteiger partial charge on any atom is -0.481 e. The van der Waals surface area contributed by atoms with Crippen molar-refractivity contribution in [1.82, 2.24) is 0 Å². The Bertz CT molecular complexity index is 522. The third-order valence-electron chi connectivity index (χ3n) is 3.83. The van der Waals surface area contributed by atoms with Gasteiger partial charge in [-0.15, -0.1) is 0 Å². The van der Waals surface area contributed by atoms with Crippen molar-refractivity contribution in [2.24, 2.45) is 11.8 Å². The fraction of sp³-hybridized carbons (Fsp3) is 0.467. The maximum absolute atomic E-state index is 12.2. The highest BCUT2D eigenvalue weighted by atomic mass is 35.5. The maximum atomic E-state index is 12.2. The topological polar surface area (TPSA) is 66.4 Å². The fourth-order valence-corrected chi connectivity index (χ4v) is 2.74. The molecule has 5 heteroatoms. The van der Waals surface area contributed by atoms with Crippen LogP contribution in [0.5, 0.6) is 0 Å². The Balaban J connectivity index is 1.96. The minimum absolute atomic E-state index is 0.0682. The molecule has 0 heterocycles. The first-order valence-corrected chi connectivity index (χ1v) is 7.15. The minimum atomic E-state index is -0.759. The molecule has 0 atom stereocenters. The third kappa shape index (κ3) is 3.51. The lowest BCUT2D eigenvalue weighted by molar-refractivity contribution is -0.143. The number of halogens is 1. The van der Waals surface area contributed by atoms with E-state index in [2.05, 4.69) is 5.32 Å². The molecule has 2 rings (SSSR count). The highest BCUT2D eigenvalue weighted by Crippen LogP contribution is 2.31. The zero-order chi connectivity index (χ0) is 14.7. The van der Waals surface area contributed by atoms with Gasteiger partial charge in [-0.1, -0.05) is 17.7 Å². The summed E-state index contributed by atoms with van der Waals surface area (Å²) in [6, 6.07) is 5.48. The Morgan fingerprint density at radius 1 is 1.20 bits per heavy atom. The van der Waals surface area contributed by atoms with Gasteiger partial charge in [-0.25, -0.2) is 0 Å². The average Bonchev–Trinajstić information content (AvgIpc) is 2.43. The standard InChI is InChI=1S/C15H18ClNO3/c1-9-2-7-12(16)13(8-9)17-14(18)10-3-5-11(6-4-10)15(19)20/h2,7-8,10-11H,3-6H2,1H3,(H,17,18)(H,19,20). The van der Waals surface area contributed by atoms with E-state index < -0.39 is 5.97 Å². The van der Waals surface area contributed by atoms with E-state index in [4.69, 9.17) is 16.7 Å². The fourth-order valence-electron chi connectivity index (χ4n) is 2.57. The maximum Gasteiger partial charge on any atom is 0.306 e. The first-order valence-electron chi connectivity index (χ1n) is 6.77. The van der Waals surface area contributed by atoms with Gasteiger partial charge in [0.25, 0.3) is 0 Å². The average molecular weight is 296 g/mol. The molecule has 4 nitrogen and oxygen atoms in total. The Labute approximate surface area is 123 Å². The summed E-state index contributed by atoms with van der Waals surface area (Å²) >= 11 is 6.05. The van der Waals surface area contributed by atoms with Gasteiger partial charge >= 0.3 is 5.97 Å². The molecule has 0 unspecified atom stereocenters. The molecule has 1 saturated carbocycles. The van der Waals surface area contributed by atoms with E-state index in [1.165, 1.54) is 0 Å². The molecule has 0 aliphatic heterocycles. The number of carbonyl (C=O) groups is 2. The van der Waals surface area contributed by atoms with Crippen LogP contribution in [0.1, 0.15) is 31.2 Å². The summed E-state index contributed by atoms with van der Waals surface area (Å²) < 4.78 is 0. The van der Waals surface area contributed by atoms with Gasteiger partial charge in [0.15, 0.2) is 0 Å². The van der Waals surface area contributed by atoms with Crippen molar-refractivity contribution in [3.63, 3.8) is 0 Å². The molecule has 0 spiro atoms. The summed E-state index contributed by atoms with van der Waals surface area (Å²) in [4.78, 5) is 23.1. The van der Waals surface area contributed by atoms with Crippen molar-refractivity contribution >= 4 is 29.2 Å². The second-order valence-electron chi connectivity index (χ2n) is 5.36. The van der Waals surface area contributed by atoms with Crippen LogP contribution >= 0.6 is 11.6 Å². The molecule has 1 aliphatic rings. The Kier molecular flexibility index (Phi) is 4.65. The molecular formula is C15H18ClNO3. The van der Waals surface area contributed by atoms with E-state index in [1.807, 2.05) is 19.1 Å². The van der Waals surface area contributed by atoms with Crippen LogP contribution in [0.4, 0.5) is 5.69 Å². The van der Waals surface area contributed by atoms with E-state index >= 15 is 0 Å². The largest absolute Gasteiger partial charge is 0.481 e. The van der Waals surface area contributed by atoms with Crippen molar-refractivity contribution in [3.05, 3.63) is 28.8 Å². The van der Waals surface area contributed by atoms with Crippen LogP contribution in [0.25, 0.3) is 0 Å². The van der Waals surface area contributed by atoms with Gasteiger partial charge in [0, 0.05) is 5.92 Å². The number of amides is 1. The summed E-state index contributed by atoms with van der Waals surface area (Å²) in [6.07, 6.45) is 2.36. The Hall–Kier alpha value is -1.55. The first-order chi connectivity index (χ1) is 9.47. The summed E-state index contributed by atoms with van der Waals surface area (Å²) in [6.45, 7) is 1.93. The highest BCUT2D eigenvalue weighted by molar-refractivity contribution is 6.33. The smallest absolute Gasteiger partial charge is 0.306 e. The number of hydrogen-bond acceptors (Lipinski definition) is 2. The number of hydrogen-bond donors (Lipinski definition) is 2. The van der Waals surface area contributed by atoms with Crippen molar-refractivity contribution in [1.29, 1.82) is 0 Å². The molecule has 0 bridgehead atoms. The highest BCUT2D eigenvalue weighted by Gasteiger charge is 2.29. The Morgan fingerprint density at radius 3 is 2.40 bits per heavy atom. The van der Waals surface area contributed by atoms with E-state index in [-0.39, 0.29) is 17.7 Å². The van der Waals surface area contributed by atoms with E-state index in [9.17, 15) is 9.59 Å². The molecule has 2 N–H and O–H groups in total. The number of carbonyl (C=O) groups excluding carboxylic acids is 1. The number of benzene rings is 1. The lowest BCUT2D eigenvalue weighted by atomic mass is 9.81. The van der Waals surface area contributed by atoms with Crippen LogP contribution in [-0.4, -0.2) is 17.0 Å². The number of nitrogens with one attached hydrogen (secondary N) is 1. The van der Waals surface area contributed by atoms with Crippen LogP contribution in [-0.2, 0) is 9.59 Å². The molecule has 20 heavy (non-hydrogen) atoms. The molecule has 0 saturated heterocycles. The van der Waals surface area contributed by atoms with Crippen LogP contribution in [0.15, 0.2) is 18.2 Å². The summed E-state index contributed by atoms with van der Waals surface area (Å²) in [5.74, 6) is -1.25. The van der Waals surface area contributed by atoms with Crippen LogP contribution in [0, 0.1) is 18.8 Å². The zero-order valence-electron chi connectivity index (χ0n) is 11.4. The van der Waals surface area contributed by atoms with Crippen molar-refractivity contribution in [2.75, 3.05) is 5.32 Å². The molecule has 0 aromatic heterocycles. The van der Waals surface area contributed by atoms with Crippen molar-refractivity contribution < 1.29 is 14.7 Å². The second kappa shape index (κ2) is 6.27. The summed E-state index contributed by atoms with van der Waals surface area (Å²) in [5.41, 5.74) is 1.65. The number of rotatable bonds is 3. The van der Waals surface area contributed by atoms with Crippen LogP contribution in [0.3, 0.4) is 0 Å². The second-order valence-corrected chi connectivity index (χ2v) is 5.77. The lowest BCUT2D eigenvalue weighted by Gasteiger charge is -2.25. The van der Waals surface area contributed by atoms with Gasteiger partial charge in [0.1, 0.15) is 0 Å². The van der Waals surface area contributed by atoms with Gasteiger partial charge in [0.05, 0.1) is 16.6 Å². The SMILES string of the molecule is Cc1ccc(Cl)c(NC(=O)C2CCC(C(=O)O)CC2)c1. The molecule has 1 aliphatic carbocycles. The van der Waals surface area contributed by atoms with E-state index in [0.717, 1.165) is 5.56 Å². The van der Waals surface area contributed by atoms with Crippen LogP contribution < -0.4 is 5.32 Å². The number of aliphatic carboxylic acids is 1. The Morgan fingerprint density at radius 2 is 1.80 bits per heavy atom. The lowest BCUT2D eigenvalue weighted by Crippen LogP contribution is -2.29. The molecule has 1 amide bonds. The van der Waals surface area contributed by atoms with Crippen LogP contribution in [0.2, 0.25) is 5.02 Å². The number of anilines is 1. The predicted octanol–water partition coefficient (Wildman–Crippen LogP) is 3.48. The molecule has 108 valence electrons. The molecule has 1 aromatic carbocycles. The van der Waals surface area contributed by atoms with E-state index in [0.29, 0.717) is 36.4 Å². The normalized spacial score (nSPS) is 22.3. The first kappa shape index (κ1) is 14.9. The number of carboxylic acid groups (broad SMARTS) is 1. The molecule has 0 radical (unpaired) electrons. The van der Waals surface area contributed by atoms with Crippen molar-refractivity contribution in [3.8, 4) is 0 Å². The van der Waals surface area contributed by atoms with E-state index in [1.54, 1.807) is 6.07 Å².